The summed E-state index contributed by atoms with van der Waals surface area (Å²) in [6, 6.07) is 61.0. The lowest BCUT2D eigenvalue weighted by Gasteiger charge is -2.39. The Kier molecular flexibility index (Phi) is 6.76. The third kappa shape index (κ3) is 4.53. The first-order valence-corrected chi connectivity index (χ1v) is 23.9. The van der Waals surface area contributed by atoms with Crippen molar-refractivity contribution in [1.29, 1.82) is 10.5 Å². The van der Waals surface area contributed by atoms with E-state index in [4.69, 9.17) is 4.42 Å². The number of hydrogen-bond acceptors (Lipinski definition) is 3. The summed E-state index contributed by atoms with van der Waals surface area (Å²) in [5.41, 5.74) is 13.7. The highest BCUT2D eigenvalue weighted by Gasteiger charge is 2.42. The normalized spacial score (nSPS) is 14.9. The van der Waals surface area contributed by atoms with Gasteiger partial charge in [0.1, 0.15) is 5.58 Å². The van der Waals surface area contributed by atoms with Gasteiger partial charge in [0.05, 0.1) is 59.1 Å². The molecular formula is C54H35N5OSi. The molecule has 7 heteroatoms. The highest BCUT2D eigenvalue weighted by molar-refractivity contribution is 6.93. The number of rotatable bonds is 3. The second kappa shape index (κ2) is 12.1. The summed E-state index contributed by atoms with van der Waals surface area (Å²) >= 11 is 0. The molecule has 0 bridgehead atoms. The van der Waals surface area contributed by atoms with Crippen molar-refractivity contribution in [3.63, 3.8) is 0 Å². The van der Waals surface area contributed by atoms with Gasteiger partial charge in [-0.25, -0.2) is 0 Å². The number of para-hydroxylation sites is 4. The number of aromatic nitrogens is 3. The molecule has 13 rings (SSSR count). The number of furan rings is 1. The largest absolute Gasteiger partial charge is 0.454 e. The van der Waals surface area contributed by atoms with Crippen molar-refractivity contribution in [2.24, 2.45) is 0 Å². The molecule has 0 saturated carbocycles. The Bertz CT molecular complexity index is 3920. The summed E-state index contributed by atoms with van der Waals surface area (Å²) in [4.78, 5) is 0. The molecule has 1 atom stereocenters. The second-order valence-electron chi connectivity index (χ2n) is 17.2. The minimum Gasteiger partial charge on any atom is -0.454 e. The Hall–Kier alpha value is -7.84. The van der Waals surface area contributed by atoms with Gasteiger partial charge in [0.2, 0.25) is 0 Å². The van der Waals surface area contributed by atoms with E-state index in [0.29, 0.717) is 11.1 Å². The van der Waals surface area contributed by atoms with Crippen LogP contribution in [0.4, 0.5) is 0 Å². The Morgan fingerprint density at radius 3 is 1.85 bits per heavy atom. The SMILES string of the molecule is C[Si]1(C)c2cc(-n3c4ccc(C#N)cc4c4cc(C#N)ccc43)cc3c4ccccc4n(c23)CC1c1ccc2c(c1)c1ccccc1n2-c1cccc2c1oc1ccccc12. The maximum Gasteiger partial charge on any atom is 0.159 e. The van der Waals surface area contributed by atoms with Crippen LogP contribution in [0.15, 0.2) is 162 Å². The Morgan fingerprint density at radius 2 is 1.11 bits per heavy atom. The zero-order valence-corrected chi connectivity index (χ0v) is 34.4. The number of fused-ring (bicyclic) bond motifs is 12. The van der Waals surface area contributed by atoms with Crippen molar-refractivity contribution in [3.05, 3.63) is 174 Å². The van der Waals surface area contributed by atoms with Crippen molar-refractivity contribution in [2.75, 3.05) is 0 Å². The zero-order valence-electron chi connectivity index (χ0n) is 33.4. The van der Waals surface area contributed by atoms with Crippen molar-refractivity contribution in [2.45, 2.75) is 25.2 Å². The van der Waals surface area contributed by atoms with Gasteiger partial charge in [0.25, 0.3) is 0 Å². The van der Waals surface area contributed by atoms with Crippen LogP contribution in [0.25, 0.3) is 98.7 Å². The Balaban J connectivity index is 1.04. The molecule has 1 aliphatic heterocycles. The fourth-order valence-electron chi connectivity index (χ4n) is 10.9. The summed E-state index contributed by atoms with van der Waals surface area (Å²) in [5.74, 6) is 0. The Morgan fingerprint density at radius 1 is 0.525 bits per heavy atom. The smallest absolute Gasteiger partial charge is 0.159 e. The average Bonchev–Trinajstić information content (AvgIpc) is 4.03. The molecule has 1 unspecified atom stereocenters. The van der Waals surface area contributed by atoms with Crippen LogP contribution in [0.1, 0.15) is 22.2 Å². The number of benzene rings is 8. The molecule has 0 N–H and O–H groups in total. The monoisotopic (exact) mass is 797 g/mol. The zero-order chi connectivity index (χ0) is 40.7. The molecule has 5 heterocycles. The highest BCUT2D eigenvalue weighted by atomic mass is 28.3. The van der Waals surface area contributed by atoms with Crippen molar-refractivity contribution >= 4 is 101 Å². The van der Waals surface area contributed by atoms with Gasteiger partial charge in [-0.1, -0.05) is 85.9 Å². The van der Waals surface area contributed by atoms with E-state index in [9.17, 15) is 10.5 Å². The molecule has 0 amide bonds. The van der Waals surface area contributed by atoms with Crippen LogP contribution in [0.2, 0.25) is 13.1 Å². The van der Waals surface area contributed by atoms with E-state index in [1.54, 1.807) is 0 Å². The number of hydrogen-bond donors (Lipinski definition) is 0. The lowest BCUT2D eigenvalue weighted by Crippen LogP contribution is -2.53. The van der Waals surface area contributed by atoms with E-state index in [1.807, 2.05) is 30.3 Å². The molecule has 4 aromatic heterocycles. The topological polar surface area (TPSA) is 75.5 Å². The quantitative estimate of drug-likeness (QED) is 0.167. The van der Waals surface area contributed by atoms with Gasteiger partial charge in [-0.05, 0) is 95.7 Å². The van der Waals surface area contributed by atoms with E-state index in [0.717, 1.165) is 72.7 Å². The van der Waals surface area contributed by atoms with Crippen LogP contribution in [-0.4, -0.2) is 21.8 Å². The summed E-state index contributed by atoms with van der Waals surface area (Å²) in [6.45, 7) is 6.01. The lowest BCUT2D eigenvalue weighted by atomic mass is 10.1. The molecule has 0 radical (unpaired) electrons. The molecule has 0 fully saturated rings. The molecular weight excluding hydrogens is 763 g/mol. The van der Waals surface area contributed by atoms with Crippen LogP contribution in [0.5, 0.6) is 0 Å². The first kappa shape index (κ1) is 34.1. The first-order chi connectivity index (χ1) is 29.9. The third-order valence-electron chi connectivity index (χ3n) is 13.8. The van der Waals surface area contributed by atoms with E-state index in [2.05, 4.69) is 166 Å². The van der Waals surface area contributed by atoms with Gasteiger partial charge >= 0.3 is 0 Å². The van der Waals surface area contributed by atoms with Gasteiger partial charge < -0.3 is 18.1 Å². The Labute approximate surface area is 350 Å². The van der Waals surface area contributed by atoms with Crippen molar-refractivity contribution in [1.82, 2.24) is 13.7 Å². The first-order valence-electron chi connectivity index (χ1n) is 20.8. The second-order valence-corrected chi connectivity index (χ2v) is 21.9. The minimum atomic E-state index is -2.29. The van der Waals surface area contributed by atoms with Crippen molar-refractivity contribution in [3.8, 4) is 23.5 Å². The summed E-state index contributed by atoms with van der Waals surface area (Å²) in [6.07, 6.45) is 0. The molecule has 0 spiro atoms. The van der Waals surface area contributed by atoms with E-state index >= 15 is 0 Å². The van der Waals surface area contributed by atoms with Crippen molar-refractivity contribution < 1.29 is 4.42 Å². The molecule has 0 aliphatic carbocycles. The number of nitrogens with zero attached hydrogens (tertiary/aromatic N) is 5. The van der Waals surface area contributed by atoms with Gasteiger partial charge in [0.15, 0.2) is 5.58 Å². The van der Waals surface area contributed by atoms with Crippen LogP contribution >= 0.6 is 0 Å². The van der Waals surface area contributed by atoms with Gasteiger partial charge in [0, 0.05) is 71.9 Å². The third-order valence-corrected chi connectivity index (χ3v) is 17.8. The molecule has 1 aliphatic rings. The highest BCUT2D eigenvalue weighted by Crippen LogP contribution is 2.44. The van der Waals surface area contributed by atoms with Crippen LogP contribution < -0.4 is 5.19 Å². The molecule has 61 heavy (non-hydrogen) atoms. The van der Waals surface area contributed by atoms with E-state index in [1.165, 1.54) is 43.3 Å². The molecule has 0 saturated heterocycles. The molecule has 286 valence electrons. The maximum atomic E-state index is 9.88. The lowest BCUT2D eigenvalue weighted by molar-refractivity contribution is 0.666. The van der Waals surface area contributed by atoms with Crippen LogP contribution in [-0.2, 0) is 6.54 Å². The molecule has 8 aromatic carbocycles. The van der Waals surface area contributed by atoms with Gasteiger partial charge in [-0.3, -0.25) is 0 Å². The summed E-state index contributed by atoms with van der Waals surface area (Å²) in [7, 11) is -2.29. The maximum absolute atomic E-state index is 9.88. The number of nitriles is 2. The fraction of sp³-hybridized carbons (Fsp3) is 0.0741. The van der Waals surface area contributed by atoms with Crippen LogP contribution in [0.3, 0.4) is 0 Å². The predicted molar refractivity (Wildman–Crippen MR) is 251 cm³/mol. The van der Waals surface area contributed by atoms with Gasteiger partial charge in [-0.15, -0.1) is 0 Å². The molecule has 12 aromatic rings. The van der Waals surface area contributed by atoms with E-state index < -0.39 is 8.07 Å². The minimum absolute atomic E-state index is 0.286. The standard InChI is InChI=1S/C54H35N5OSi/c1-61(2)51-28-35(58-46-21-18-32(29-55)24-40(46)41-25-33(30-56)19-22-47(41)58)27-43-37-11-3-6-14-44(37)57(53(43)51)31-52(61)34-20-23-48-42(26-34)36-10-4-7-15-45(36)59(48)49-16-9-13-39-38-12-5-8-17-50(38)60-54(39)49/h3-28,52H,31H2,1-2H3. The van der Waals surface area contributed by atoms with Crippen LogP contribution in [0, 0.1) is 22.7 Å². The predicted octanol–water partition coefficient (Wildman–Crippen LogP) is 12.9. The summed E-state index contributed by atoms with van der Waals surface area (Å²) < 4.78 is 13.9. The van der Waals surface area contributed by atoms with Gasteiger partial charge in [-0.2, -0.15) is 10.5 Å². The average molecular weight is 798 g/mol. The molecule has 6 nitrogen and oxygen atoms in total. The van der Waals surface area contributed by atoms with E-state index in [-0.39, 0.29) is 5.54 Å². The fourth-order valence-corrected chi connectivity index (χ4v) is 14.3. The summed E-state index contributed by atoms with van der Waals surface area (Å²) in [5, 5.41) is 30.4.